The predicted octanol–water partition coefficient (Wildman–Crippen LogP) is 5.13. The minimum absolute atomic E-state index is 0.132. The van der Waals surface area contributed by atoms with Gasteiger partial charge in [-0.05, 0) is 29.8 Å². The van der Waals surface area contributed by atoms with E-state index in [0.717, 1.165) is 22.5 Å². The van der Waals surface area contributed by atoms with Crippen molar-refractivity contribution in [2.75, 3.05) is 18.5 Å². The fraction of sp³-hybridized carbons (Fsp3) is 0.263. The third-order valence-electron chi connectivity index (χ3n) is 4.35. The Hall–Kier alpha value is -2.02. The number of benzene rings is 1. The summed E-state index contributed by atoms with van der Waals surface area (Å²) in [5.41, 5.74) is 3.78. The number of nitrogens with one attached hydrogen (secondary N) is 2. The van der Waals surface area contributed by atoms with Gasteiger partial charge in [0.2, 0.25) is 0 Å². The van der Waals surface area contributed by atoms with E-state index in [1.807, 2.05) is 28.8 Å². The van der Waals surface area contributed by atoms with E-state index in [9.17, 15) is 23.1 Å². The first-order valence-electron chi connectivity index (χ1n) is 9.10. The topological polar surface area (TPSA) is 78.7 Å². The number of nitrogens with zero attached hydrogens (tertiary/aromatic N) is 2. The van der Waals surface area contributed by atoms with Crippen LogP contribution >= 0.6 is 33.3 Å². The Labute approximate surface area is 187 Å². The molecule has 4 rings (SSSR count). The zero-order valence-corrected chi connectivity index (χ0v) is 18.2. The molecule has 0 aliphatic carbocycles. The van der Waals surface area contributed by atoms with Crippen LogP contribution in [0.5, 0.6) is 0 Å². The average Bonchev–Trinajstić information content (AvgIpc) is 3.38. The number of amides is 2. The second kappa shape index (κ2) is 9.23. The Morgan fingerprint density at radius 3 is 2.81 bits per heavy atom. The summed E-state index contributed by atoms with van der Waals surface area (Å²) in [6.07, 6.45) is -0.842. The van der Waals surface area contributed by atoms with Crippen molar-refractivity contribution >= 4 is 50.7 Å². The molecule has 0 bridgehead atoms. The lowest BCUT2D eigenvalue weighted by Crippen LogP contribution is -2.36. The van der Waals surface area contributed by atoms with Crippen LogP contribution in [0, 0.1) is 0 Å². The Kier molecular flexibility index (Phi) is 6.60. The van der Waals surface area contributed by atoms with E-state index >= 15 is 0 Å². The fourth-order valence-corrected chi connectivity index (χ4v) is 8.31. The smallest absolute Gasteiger partial charge is 0.394 e. The van der Waals surface area contributed by atoms with E-state index in [1.54, 1.807) is 63.1 Å². The number of aromatic nitrogens is 2. The van der Waals surface area contributed by atoms with E-state index in [-0.39, 0.29) is 15.8 Å². The number of imidazole rings is 1. The number of hydrogen-bond donors (Lipinski definition) is 3. The molecule has 3 aromatic rings. The van der Waals surface area contributed by atoms with Gasteiger partial charge in [-0.3, -0.25) is 4.40 Å². The summed E-state index contributed by atoms with van der Waals surface area (Å²) < 4.78 is 39.0. The van der Waals surface area contributed by atoms with Crippen molar-refractivity contribution in [2.24, 2.45) is 0 Å². The number of carbonyl (C=O) groups excluding carboxylic acids is 1. The summed E-state index contributed by atoms with van der Waals surface area (Å²) in [6.45, 7) is -1.27. The number of halogens is 3. The van der Waals surface area contributed by atoms with Crippen LogP contribution in [0.1, 0.15) is 10.1 Å². The number of aliphatic hydroxyl groups excluding tert-OH is 1. The first-order valence-corrected chi connectivity index (χ1v) is 12.3. The van der Waals surface area contributed by atoms with Crippen LogP contribution < -0.4 is 10.6 Å². The van der Waals surface area contributed by atoms with Crippen molar-refractivity contribution in [2.45, 2.75) is 15.3 Å². The molecule has 1 saturated heterocycles. The quantitative estimate of drug-likeness (QED) is 0.434. The molecule has 1 aliphatic heterocycles. The molecule has 3 heterocycles. The number of rotatable bonds is 5. The second-order valence-corrected chi connectivity index (χ2v) is 11.1. The highest BCUT2D eigenvalue weighted by atomic mass is 33.1. The van der Waals surface area contributed by atoms with Crippen molar-refractivity contribution in [3.8, 4) is 11.3 Å². The molecule has 2 amide bonds. The van der Waals surface area contributed by atoms with Gasteiger partial charge in [0.15, 0.2) is 0 Å². The lowest BCUT2D eigenvalue weighted by atomic mass is 10.1. The van der Waals surface area contributed by atoms with E-state index < -0.39 is 18.8 Å². The molecule has 2 aromatic heterocycles. The van der Waals surface area contributed by atoms with Crippen LogP contribution in [0.4, 0.5) is 23.7 Å². The molecule has 1 aliphatic rings. The van der Waals surface area contributed by atoms with E-state index in [4.69, 9.17) is 0 Å². The summed E-state index contributed by atoms with van der Waals surface area (Å²) in [4.78, 5) is 16.2. The molecule has 0 saturated carbocycles. The van der Waals surface area contributed by atoms with Crippen LogP contribution in [0.2, 0.25) is 0 Å². The summed E-state index contributed by atoms with van der Waals surface area (Å²) >= 11 is 1.71. The number of fused-ring (bicyclic) bond motifs is 1. The number of thioether (sulfide) groups is 1. The van der Waals surface area contributed by atoms with Gasteiger partial charge in [0, 0.05) is 17.4 Å². The number of carbonyl (C=O) groups is 1. The molecule has 0 radical (unpaired) electrons. The third-order valence-corrected chi connectivity index (χ3v) is 9.83. The Morgan fingerprint density at radius 2 is 2.06 bits per heavy atom. The van der Waals surface area contributed by atoms with E-state index in [1.165, 1.54) is 0 Å². The van der Waals surface area contributed by atoms with Crippen LogP contribution in [0.15, 0.2) is 48.8 Å². The van der Waals surface area contributed by atoms with Crippen molar-refractivity contribution in [3.05, 3.63) is 54.4 Å². The molecule has 2 unspecified atom stereocenters. The molecule has 6 nitrogen and oxygen atoms in total. The highest BCUT2D eigenvalue weighted by Gasteiger charge is 2.28. The fourth-order valence-electron chi connectivity index (χ4n) is 2.97. The van der Waals surface area contributed by atoms with Gasteiger partial charge in [-0.2, -0.15) is 13.2 Å². The maximum Gasteiger partial charge on any atom is 0.405 e. The molecule has 3 N–H and O–H groups in total. The number of aliphatic hydroxyl groups is 1. The van der Waals surface area contributed by atoms with Gasteiger partial charge in [-0.1, -0.05) is 33.7 Å². The molecular formula is C19H17F3N4O2S3. The van der Waals surface area contributed by atoms with Gasteiger partial charge < -0.3 is 15.7 Å². The van der Waals surface area contributed by atoms with Crippen molar-refractivity contribution in [3.63, 3.8) is 0 Å². The molecule has 12 heteroatoms. The average molecular weight is 487 g/mol. The highest BCUT2D eigenvalue weighted by Crippen LogP contribution is 2.59. The molecule has 164 valence electrons. The first-order chi connectivity index (χ1) is 14.8. The minimum Gasteiger partial charge on any atom is -0.394 e. The number of alkyl halides is 3. The maximum absolute atomic E-state index is 12.3. The lowest BCUT2D eigenvalue weighted by molar-refractivity contribution is -0.122. The predicted molar refractivity (Wildman–Crippen MR) is 120 cm³/mol. The van der Waals surface area contributed by atoms with E-state index in [2.05, 4.69) is 10.3 Å². The molecule has 1 aromatic carbocycles. The van der Waals surface area contributed by atoms with Crippen LogP contribution in [0.3, 0.4) is 0 Å². The molecule has 31 heavy (non-hydrogen) atoms. The number of urea groups is 1. The van der Waals surface area contributed by atoms with Gasteiger partial charge in [0.25, 0.3) is 0 Å². The normalized spacial score (nSPS) is 19.0. The van der Waals surface area contributed by atoms with Crippen molar-refractivity contribution in [1.82, 2.24) is 14.7 Å². The molecule has 0 spiro atoms. The van der Waals surface area contributed by atoms with Gasteiger partial charge >= 0.3 is 12.2 Å². The molecule has 2 atom stereocenters. The number of hydrogen-bond acceptors (Lipinski definition) is 6. The van der Waals surface area contributed by atoms with Gasteiger partial charge in [0.05, 0.1) is 27.7 Å². The minimum atomic E-state index is -4.47. The van der Waals surface area contributed by atoms with Crippen LogP contribution in [-0.2, 0) is 0 Å². The monoisotopic (exact) mass is 486 g/mol. The second-order valence-electron chi connectivity index (χ2n) is 6.61. The summed E-state index contributed by atoms with van der Waals surface area (Å²) in [5.74, 6) is 0. The maximum atomic E-state index is 12.3. The molecule has 1 fully saturated rings. The Morgan fingerprint density at radius 1 is 1.23 bits per heavy atom. The SMILES string of the molecule is O=C(NCC(F)(F)F)Nc1cccc(-c2cnc3cc(C4SSC(CO)S4)ccn23)c1. The van der Waals surface area contributed by atoms with Crippen LogP contribution in [-0.4, -0.2) is 44.4 Å². The van der Waals surface area contributed by atoms with Gasteiger partial charge in [0.1, 0.15) is 12.2 Å². The lowest BCUT2D eigenvalue weighted by Gasteiger charge is -2.11. The third kappa shape index (κ3) is 5.43. The van der Waals surface area contributed by atoms with Crippen molar-refractivity contribution < 1.29 is 23.1 Å². The standard InChI is InChI=1S/C19H17F3N4O2S3/c20-19(21,22)10-24-18(28)25-13-3-1-2-11(6-13)14-8-23-15-7-12(4-5-26(14)15)17-29-16(9-27)30-31-17/h1-8,16-17,27H,9-10H2,(H2,24,25,28). The van der Waals surface area contributed by atoms with Gasteiger partial charge in [-0.25, -0.2) is 9.78 Å². The van der Waals surface area contributed by atoms with Gasteiger partial charge in [-0.15, -0.1) is 11.8 Å². The first kappa shape index (κ1) is 22.2. The highest BCUT2D eigenvalue weighted by molar-refractivity contribution is 8.82. The largest absolute Gasteiger partial charge is 0.405 e. The number of pyridine rings is 1. The van der Waals surface area contributed by atoms with Crippen LogP contribution in [0.25, 0.3) is 16.9 Å². The van der Waals surface area contributed by atoms with E-state index in [0.29, 0.717) is 5.69 Å². The Bertz CT molecular complexity index is 1090. The van der Waals surface area contributed by atoms with Crippen molar-refractivity contribution in [1.29, 1.82) is 0 Å². The Balaban J connectivity index is 1.51. The summed E-state index contributed by atoms with van der Waals surface area (Å²) in [7, 11) is 3.38. The summed E-state index contributed by atoms with van der Waals surface area (Å²) in [6, 6.07) is 9.90. The zero-order chi connectivity index (χ0) is 22.0. The molecular weight excluding hydrogens is 469 g/mol. The summed E-state index contributed by atoms with van der Waals surface area (Å²) in [5, 5.41) is 13.5. The number of anilines is 1. The zero-order valence-electron chi connectivity index (χ0n) is 15.8.